The van der Waals surface area contributed by atoms with Gasteiger partial charge >= 0.3 is 5.97 Å². The Labute approximate surface area is 96.1 Å². The summed E-state index contributed by atoms with van der Waals surface area (Å²) in [4.78, 5) is 11.1. The molecule has 0 aromatic heterocycles. The van der Waals surface area contributed by atoms with Crippen LogP contribution in [0.25, 0.3) is 0 Å². The summed E-state index contributed by atoms with van der Waals surface area (Å²) in [5.74, 6) is -0.919. The van der Waals surface area contributed by atoms with Gasteiger partial charge in [0, 0.05) is 0 Å². The molecule has 3 heteroatoms. The first-order chi connectivity index (χ1) is 7.49. The van der Waals surface area contributed by atoms with E-state index in [4.69, 9.17) is 9.84 Å². The highest BCUT2D eigenvalue weighted by atomic mass is 16.5. The van der Waals surface area contributed by atoms with Crippen molar-refractivity contribution in [1.82, 2.24) is 0 Å². The molecule has 0 radical (unpaired) electrons. The Balaban J connectivity index is 2.78. The van der Waals surface area contributed by atoms with Crippen molar-refractivity contribution in [3.05, 3.63) is 35.9 Å². The Morgan fingerprint density at radius 1 is 1.44 bits per heavy atom. The Bertz CT molecular complexity index is 347. The summed E-state index contributed by atoms with van der Waals surface area (Å²) in [6.07, 6.45) is 0.224. The molecule has 0 saturated heterocycles. The van der Waals surface area contributed by atoms with Crippen LogP contribution in [0.5, 0.6) is 0 Å². The lowest BCUT2D eigenvalue weighted by atomic mass is 10.0. The molecule has 0 spiro atoms. The second-order valence-electron chi connectivity index (χ2n) is 4.06. The molecule has 0 saturated carbocycles. The van der Waals surface area contributed by atoms with E-state index in [1.165, 1.54) is 0 Å². The molecular weight excluding hydrogens is 204 g/mol. The number of benzene rings is 1. The van der Waals surface area contributed by atoms with Crippen molar-refractivity contribution in [3.63, 3.8) is 0 Å². The lowest BCUT2D eigenvalue weighted by Gasteiger charge is -2.28. The predicted octanol–water partition coefficient (Wildman–Crippen LogP) is 3.02. The van der Waals surface area contributed by atoms with Crippen LogP contribution < -0.4 is 0 Å². The van der Waals surface area contributed by atoms with Gasteiger partial charge in [0.1, 0.15) is 0 Å². The number of hydrogen-bond donors (Lipinski definition) is 1. The van der Waals surface area contributed by atoms with Gasteiger partial charge in [0.15, 0.2) is 5.60 Å². The fraction of sp³-hybridized carbons (Fsp3) is 0.462. The summed E-state index contributed by atoms with van der Waals surface area (Å²) in [6.45, 7) is 5.28. The SMILES string of the molecule is CCC(C)(OC(C)c1ccccc1)C(=O)O. The Kier molecular flexibility index (Phi) is 4.07. The van der Waals surface area contributed by atoms with E-state index in [1.807, 2.05) is 44.2 Å². The van der Waals surface area contributed by atoms with E-state index >= 15 is 0 Å². The minimum atomic E-state index is -1.12. The third-order valence-corrected chi connectivity index (χ3v) is 2.83. The molecule has 0 bridgehead atoms. The molecule has 0 fully saturated rings. The van der Waals surface area contributed by atoms with Crippen LogP contribution >= 0.6 is 0 Å². The van der Waals surface area contributed by atoms with Crippen molar-refractivity contribution >= 4 is 5.97 Å². The van der Waals surface area contributed by atoms with Gasteiger partial charge in [-0.05, 0) is 25.8 Å². The predicted molar refractivity (Wildman–Crippen MR) is 62.3 cm³/mol. The fourth-order valence-corrected chi connectivity index (χ4v) is 1.47. The monoisotopic (exact) mass is 222 g/mol. The average Bonchev–Trinajstić information content (AvgIpc) is 2.29. The molecule has 1 aromatic carbocycles. The van der Waals surface area contributed by atoms with Crippen LogP contribution in [-0.2, 0) is 9.53 Å². The van der Waals surface area contributed by atoms with E-state index < -0.39 is 11.6 Å². The first-order valence-electron chi connectivity index (χ1n) is 5.45. The summed E-state index contributed by atoms with van der Waals surface area (Å²) in [5, 5.41) is 9.10. The maximum Gasteiger partial charge on any atom is 0.335 e. The first-order valence-corrected chi connectivity index (χ1v) is 5.45. The molecule has 0 heterocycles. The molecule has 2 atom stereocenters. The molecule has 1 aromatic rings. The smallest absolute Gasteiger partial charge is 0.335 e. The number of ether oxygens (including phenoxy) is 1. The molecule has 1 rings (SSSR count). The molecule has 2 unspecified atom stereocenters. The Hall–Kier alpha value is -1.35. The molecule has 0 aliphatic heterocycles. The topological polar surface area (TPSA) is 46.5 Å². The Morgan fingerprint density at radius 3 is 2.44 bits per heavy atom. The molecule has 0 amide bonds. The number of aliphatic carboxylic acids is 1. The van der Waals surface area contributed by atoms with Gasteiger partial charge in [-0.25, -0.2) is 4.79 Å². The number of carboxylic acid groups (broad SMARTS) is 1. The summed E-state index contributed by atoms with van der Waals surface area (Å²) >= 11 is 0. The first kappa shape index (κ1) is 12.7. The van der Waals surface area contributed by atoms with Crippen molar-refractivity contribution in [1.29, 1.82) is 0 Å². The quantitative estimate of drug-likeness (QED) is 0.833. The number of hydrogen-bond acceptors (Lipinski definition) is 2. The van der Waals surface area contributed by atoms with Gasteiger partial charge in [0.05, 0.1) is 6.10 Å². The van der Waals surface area contributed by atoms with Gasteiger partial charge in [0.25, 0.3) is 0 Å². The highest BCUT2D eigenvalue weighted by Crippen LogP contribution is 2.26. The maximum absolute atomic E-state index is 11.1. The van der Waals surface area contributed by atoms with Gasteiger partial charge in [-0.1, -0.05) is 37.3 Å². The van der Waals surface area contributed by atoms with E-state index in [-0.39, 0.29) is 6.10 Å². The number of carboxylic acids is 1. The van der Waals surface area contributed by atoms with E-state index in [2.05, 4.69) is 0 Å². The Morgan fingerprint density at radius 2 is 2.00 bits per heavy atom. The van der Waals surface area contributed by atoms with Crippen molar-refractivity contribution in [3.8, 4) is 0 Å². The van der Waals surface area contributed by atoms with Gasteiger partial charge in [0.2, 0.25) is 0 Å². The van der Waals surface area contributed by atoms with Crippen LogP contribution in [0.15, 0.2) is 30.3 Å². The average molecular weight is 222 g/mol. The third-order valence-electron chi connectivity index (χ3n) is 2.83. The lowest BCUT2D eigenvalue weighted by Crippen LogP contribution is -2.38. The molecule has 1 N–H and O–H groups in total. The van der Waals surface area contributed by atoms with Crippen LogP contribution in [0.2, 0.25) is 0 Å². The summed E-state index contributed by atoms with van der Waals surface area (Å²) in [5.41, 5.74) is -0.127. The van der Waals surface area contributed by atoms with Crippen LogP contribution in [0, 0.1) is 0 Å². The molecule has 16 heavy (non-hydrogen) atoms. The lowest BCUT2D eigenvalue weighted by molar-refractivity contribution is -0.171. The molecular formula is C13H18O3. The zero-order valence-electron chi connectivity index (χ0n) is 9.93. The number of rotatable bonds is 5. The molecule has 0 aliphatic rings. The van der Waals surface area contributed by atoms with Crippen molar-refractivity contribution in [2.75, 3.05) is 0 Å². The van der Waals surface area contributed by atoms with E-state index in [0.29, 0.717) is 6.42 Å². The van der Waals surface area contributed by atoms with Crippen LogP contribution in [-0.4, -0.2) is 16.7 Å². The van der Waals surface area contributed by atoms with Crippen LogP contribution in [0.3, 0.4) is 0 Å². The zero-order chi connectivity index (χ0) is 12.2. The second-order valence-corrected chi connectivity index (χ2v) is 4.06. The zero-order valence-corrected chi connectivity index (χ0v) is 9.93. The third kappa shape index (κ3) is 2.83. The second kappa shape index (κ2) is 5.12. The summed E-state index contributed by atoms with van der Waals surface area (Å²) < 4.78 is 5.64. The summed E-state index contributed by atoms with van der Waals surface area (Å²) in [7, 11) is 0. The standard InChI is InChI=1S/C13H18O3/c1-4-13(3,12(14)15)16-10(2)11-8-6-5-7-9-11/h5-10H,4H2,1-3H3,(H,14,15). The fourth-order valence-electron chi connectivity index (χ4n) is 1.47. The normalized spacial score (nSPS) is 16.4. The van der Waals surface area contributed by atoms with E-state index in [1.54, 1.807) is 6.92 Å². The van der Waals surface area contributed by atoms with E-state index in [9.17, 15) is 4.79 Å². The molecule has 88 valence electrons. The van der Waals surface area contributed by atoms with Gasteiger partial charge < -0.3 is 9.84 Å². The van der Waals surface area contributed by atoms with Crippen molar-refractivity contribution < 1.29 is 14.6 Å². The van der Waals surface area contributed by atoms with Gasteiger partial charge in [-0.3, -0.25) is 0 Å². The molecule has 3 nitrogen and oxygen atoms in total. The highest BCUT2D eigenvalue weighted by Gasteiger charge is 2.34. The minimum absolute atomic E-state index is 0.220. The minimum Gasteiger partial charge on any atom is -0.479 e. The van der Waals surface area contributed by atoms with Crippen molar-refractivity contribution in [2.45, 2.75) is 38.9 Å². The summed E-state index contributed by atoms with van der Waals surface area (Å²) in [6, 6.07) is 9.62. The van der Waals surface area contributed by atoms with Crippen LogP contribution in [0.1, 0.15) is 38.9 Å². The van der Waals surface area contributed by atoms with Crippen molar-refractivity contribution in [2.24, 2.45) is 0 Å². The maximum atomic E-state index is 11.1. The van der Waals surface area contributed by atoms with Gasteiger partial charge in [-0.15, -0.1) is 0 Å². The largest absolute Gasteiger partial charge is 0.479 e. The van der Waals surface area contributed by atoms with Gasteiger partial charge in [-0.2, -0.15) is 0 Å². The van der Waals surface area contributed by atoms with Crippen LogP contribution in [0.4, 0.5) is 0 Å². The highest BCUT2D eigenvalue weighted by molar-refractivity contribution is 5.76. The number of carbonyl (C=O) groups is 1. The van der Waals surface area contributed by atoms with E-state index in [0.717, 1.165) is 5.56 Å². The molecule has 0 aliphatic carbocycles.